The van der Waals surface area contributed by atoms with Crippen molar-refractivity contribution >= 4 is 44.4 Å². The molecule has 0 spiro atoms. The van der Waals surface area contributed by atoms with Crippen LogP contribution >= 0.6 is 0 Å². The molecule has 45 heavy (non-hydrogen) atoms. The maximum Gasteiger partial charge on any atom is 2.00 e. The van der Waals surface area contributed by atoms with Crippen LogP contribution in [-0.4, -0.2) is 9.97 Å². The largest absolute Gasteiger partial charge is 2.00 e. The summed E-state index contributed by atoms with van der Waals surface area (Å²) in [4.78, 5) is 21.7. The Bertz CT molecular complexity index is 1780. The van der Waals surface area contributed by atoms with Gasteiger partial charge in [-0.1, -0.05) is 109 Å². The van der Waals surface area contributed by atoms with Gasteiger partial charge >= 0.3 is 16.5 Å². The zero-order valence-electron chi connectivity index (χ0n) is 29.1. The average Bonchev–Trinajstić information content (AvgIpc) is 3.76. The van der Waals surface area contributed by atoms with Crippen LogP contribution in [0.3, 0.4) is 0 Å². The predicted octanol–water partition coefficient (Wildman–Crippen LogP) is 10.6. The first-order valence-electron chi connectivity index (χ1n) is 17.6. The van der Waals surface area contributed by atoms with Crippen molar-refractivity contribution < 1.29 is 16.5 Å². The number of hydrogen-bond acceptors (Lipinski definition) is 2. The van der Waals surface area contributed by atoms with Gasteiger partial charge in [0.15, 0.2) is 0 Å². The Hall–Kier alpha value is -2.91. The Morgan fingerprint density at radius 1 is 0.467 bits per heavy atom. The first kappa shape index (κ1) is 35.0. The summed E-state index contributed by atoms with van der Waals surface area (Å²) in [5.41, 5.74) is 21.0. The van der Waals surface area contributed by atoms with E-state index in [0.717, 1.165) is 104 Å². The normalized spacial score (nSPS) is 13.2. The maximum atomic E-state index is 5.51. The van der Waals surface area contributed by atoms with Crippen molar-refractivity contribution in [2.75, 3.05) is 0 Å². The average molecular weight is 648 g/mol. The molecule has 0 fully saturated rings. The third kappa shape index (κ3) is 6.15. The molecule has 0 unspecified atom stereocenters. The fourth-order valence-corrected chi connectivity index (χ4v) is 7.69. The van der Waals surface area contributed by atoms with Crippen molar-refractivity contribution in [3.63, 3.8) is 0 Å². The fourth-order valence-electron chi connectivity index (χ4n) is 7.69. The van der Waals surface area contributed by atoms with Crippen molar-refractivity contribution in [3.05, 3.63) is 68.8 Å². The second-order valence-electron chi connectivity index (χ2n) is 12.1. The molecule has 0 N–H and O–H groups in total. The topological polar surface area (TPSA) is 54.0 Å². The van der Waals surface area contributed by atoms with E-state index in [1.54, 1.807) is 0 Å². The van der Waals surface area contributed by atoms with Gasteiger partial charge in [-0.05, 0) is 92.1 Å². The minimum Gasteiger partial charge on any atom is -0.657 e. The van der Waals surface area contributed by atoms with Crippen LogP contribution in [0, 0.1) is 0 Å². The number of fused-ring (bicyclic) bond motifs is 8. The Labute approximate surface area is 281 Å². The van der Waals surface area contributed by atoms with E-state index in [0.29, 0.717) is 0 Å². The molecule has 0 amide bonds. The van der Waals surface area contributed by atoms with Gasteiger partial charge in [-0.15, -0.1) is 22.1 Å². The van der Waals surface area contributed by atoms with Gasteiger partial charge in [0.05, 0.1) is 22.8 Å². The number of unbranched alkanes of at least 4 members (excludes halogenated alkanes) is 1. The standard InChI is InChI=1S/C40H52N4.Ni/c1-10-19-20-32-39-30(17-8)28(15-6)37(43-39)22-35-26(13-4)24(11-2)33(41-35)21-34-25(12-3)27(14-5)36(42-34)23-38-29(16-7)31(18-9)40(32)44-38;/h21-23H,10-20H2,1-9H3;/q-2;+2. The summed E-state index contributed by atoms with van der Waals surface area (Å²) in [6.45, 7) is 20.4. The Balaban J connectivity index is 0.00000461. The smallest absolute Gasteiger partial charge is 0.657 e. The van der Waals surface area contributed by atoms with Crippen LogP contribution in [0.1, 0.15) is 151 Å². The molecule has 4 nitrogen and oxygen atoms in total. The van der Waals surface area contributed by atoms with Gasteiger partial charge in [-0.2, -0.15) is 0 Å². The van der Waals surface area contributed by atoms with E-state index >= 15 is 0 Å². The molecule has 0 saturated carbocycles. The SMILES string of the molecule is CCCCc1c2nc(cc3[n-]c(cc4nc(cc5[n-]c1c(CC)c5CC)C(CC)=C4CC)c(CC)c3CC)C(CC)=C2CC.[Ni+2]. The van der Waals surface area contributed by atoms with E-state index in [-0.39, 0.29) is 16.5 Å². The van der Waals surface area contributed by atoms with E-state index in [1.165, 1.54) is 61.3 Å². The molecule has 0 radical (unpaired) electrons. The van der Waals surface area contributed by atoms with Crippen molar-refractivity contribution in [2.24, 2.45) is 0 Å². The molecule has 0 aliphatic carbocycles. The minimum absolute atomic E-state index is 0. The second-order valence-corrected chi connectivity index (χ2v) is 12.1. The van der Waals surface area contributed by atoms with E-state index in [9.17, 15) is 0 Å². The molecule has 2 aliphatic rings. The summed E-state index contributed by atoms with van der Waals surface area (Å²) >= 11 is 0. The Morgan fingerprint density at radius 2 is 0.889 bits per heavy atom. The molecule has 242 valence electrons. The first-order chi connectivity index (χ1) is 21.4. The van der Waals surface area contributed by atoms with E-state index in [2.05, 4.69) is 80.5 Å². The molecule has 0 saturated heterocycles. The Morgan fingerprint density at radius 3 is 1.33 bits per heavy atom. The fraction of sp³-hybridized carbons (Fsp3) is 0.500. The van der Waals surface area contributed by atoms with Crippen molar-refractivity contribution in [1.82, 2.24) is 19.9 Å². The van der Waals surface area contributed by atoms with Crippen LogP contribution in [0.25, 0.3) is 44.4 Å². The van der Waals surface area contributed by atoms with Crippen molar-refractivity contribution in [2.45, 2.75) is 133 Å². The van der Waals surface area contributed by atoms with Crippen LogP contribution in [0.2, 0.25) is 0 Å². The predicted molar refractivity (Wildman–Crippen MR) is 190 cm³/mol. The monoisotopic (exact) mass is 646 g/mol. The summed E-state index contributed by atoms with van der Waals surface area (Å²) in [5.74, 6) is 0. The van der Waals surface area contributed by atoms with Gasteiger partial charge in [0.1, 0.15) is 0 Å². The molecular weight excluding hydrogens is 595 g/mol. The van der Waals surface area contributed by atoms with Gasteiger partial charge in [-0.25, -0.2) is 9.97 Å². The maximum absolute atomic E-state index is 5.51. The van der Waals surface area contributed by atoms with E-state index in [4.69, 9.17) is 19.9 Å². The molecular formula is C40H52N4Ni. The van der Waals surface area contributed by atoms with Gasteiger partial charge in [0, 0.05) is 0 Å². The number of aryl methyl sites for hydroxylation is 5. The number of aromatic nitrogens is 4. The summed E-state index contributed by atoms with van der Waals surface area (Å²) in [6, 6.07) is 6.84. The first-order valence-corrected chi connectivity index (χ1v) is 17.6. The molecule has 5 heterocycles. The van der Waals surface area contributed by atoms with Crippen molar-refractivity contribution in [3.8, 4) is 0 Å². The van der Waals surface area contributed by atoms with Crippen LogP contribution in [0.5, 0.6) is 0 Å². The molecule has 2 aliphatic heterocycles. The van der Waals surface area contributed by atoms with Gasteiger partial charge < -0.3 is 9.97 Å². The van der Waals surface area contributed by atoms with Crippen molar-refractivity contribution in [1.29, 1.82) is 0 Å². The third-order valence-corrected chi connectivity index (χ3v) is 9.83. The summed E-state index contributed by atoms with van der Waals surface area (Å²) in [5, 5.41) is 0. The van der Waals surface area contributed by atoms with Crippen LogP contribution in [0.4, 0.5) is 0 Å². The zero-order chi connectivity index (χ0) is 31.5. The number of rotatable bonds is 11. The summed E-state index contributed by atoms with van der Waals surface area (Å²) in [6.07, 6.45) is 10.9. The quantitative estimate of drug-likeness (QED) is 0.194. The van der Waals surface area contributed by atoms with Crippen LogP contribution < -0.4 is 9.97 Å². The third-order valence-electron chi connectivity index (χ3n) is 9.83. The number of nitrogens with zero attached hydrogens (tertiary/aromatic N) is 4. The molecule has 3 aromatic rings. The molecule has 5 rings (SSSR count). The minimum atomic E-state index is 0. The van der Waals surface area contributed by atoms with Crippen LogP contribution in [-0.2, 0) is 48.6 Å². The van der Waals surface area contributed by atoms with Gasteiger partial charge in [-0.3, -0.25) is 0 Å². The molecule has 8 bridgehead atoms. The van der Waals surface area contributed by atoms with Gasteiger partial charge in [0.2, 0.25) is 0 Å². The number of allylic oxidation sites excluding steroid dienone is 4. The molecule has 0 aromatic carbocycles. The van der Waals surface area contributed by atoms with E-state index < -0.39 is 0 Å². The molecule has 5 heteroatoms. The van der Waals surface area contributed by atoms with E-state index in [1.807, 2.05) is 0 Å². The molecule has 0 atom stereocenters. The summed E-state index contributed by atoms with van der Waals surface area (Å²) in [7, 11) is 0. The zero-order valence-corrected chi connectivity index (χ0v) is 30.1. The Kier molecular flexibility index (Phi) is 11.7. The molecule has 3 aromatic heterocycles. The second kappa shape index (κ2) is 15.1. The van der Waals surface area contributed by atoms with Gasteiger partial charge in [0.25, 0.3) is 0 Å². The number of hydrogen-bond donors (Lipinski definition) is 0. The summed E-state index contributed by atoms with van der Waals surface area (Å²) < 4.78 is 0. The van der Waals surface area contributed by atoms with Crippen LogP contribution in [0.15, 0.2) is 18.2 Å².